The summed E-state index contributed by atoms with van der Waals surface area (Å²) in [4.78, 5) is 30.1. The van der Waals surface area contributed by atoms with Crippen LogP contribution in [0.15, 0.2) is 29.1 Å². The van der Waals surface area contributed by atoms with Crippen molar-refractivity contribution < 1.29 is 4.79 Å². The van der Waals surface area contributed by atoms with Gasteiger partial charge in [-0.05, 0) is 38.5 Å². The van der Waals surface area contributed by atoms with Crippen molar-refractivity contribution in [1.82, 2.24) is 14.8 Å². The van der Waals surface area contributed by atoms with Gasteiger partial charge in [0.25, 0.3) is 11.5 Å². The molecular weight excluding hydrogens is 372 g/mol. The first-order valence-corrected chi connectivity index (χ1v) is 9.07. The Morgan fingerprint density at radius 1 is 1.19 bits per heavy atom. The molecule has 8 heteroatoms. The molecule has 26 heavy (non-hydrogen) atoms. The molecule has 3 rings (SSSR count). The molecule has 0 spiro atoms. The van der Waals surface area contributed by atoms with Crippen LogP contribution in [0.1, 0.15) is 26.6 Å². The SMILES string of the molecule is Cc1nc(-c2c(C)c(C)nn(C)c2=O)sc1C(=O)Nc1ccccc1Cl. The zero-order valence-electron chi connectivity index (χ0n) is 14.8. The van der Waals surface area contributed by atoms with E-state index in [1.54, 1.807) is 38.2 Å². The fraction of sp³-hybridized carbons (Fsp3) is 0.222. The standard InChI is InChI=1S/C18H17ClN4O2S/c1-9-10(2)22-23(4)18(25)14(9)17-20-11(3)15(26-17)16(24)21-13-8-6-5-7-12(13)19/h5-8H,1-4H3,(H,21,24). The van der Waals surface area contributed by atoms with Crippen LogP contribution in [0, 0.1) is 20.8 Å². The van der Waals surface area contributed by atoms with Crippen molar-refractivity contribution in [3.05, 3.63) is 61.5 Å². The molecule has 1 N–H and O–H groups in total. The number of anilines is 1. The summed E-state index contributed by atoms with van der Waals surface area (Å²) in [6.45, 7) is 5.42. The number of rotatable bonds is 3. The summed E-state index contributed by atoms with van der Waals surface area (Å²) < 4.78 is 1.29. The van der Waals surface area contributed by atoms with Gasteiger partial charge in [-0.1, -0.05) is 23.7 Å². The molecule has 2 heterocycles. The van der Waals surface area contributed by atoms with Gasteiger partial charge in [-0.3, -0.25) is 9.59 Å². The lowest BCUT2D eigenvalue weighted by Gasteiger charge is -2.07. The van der Waals surface area contributed by atoms with E-state index in [9.17, 15) is 9.59 Å². The summed E-state index contributed by atoms with van der Waals surface area (Å²) in [5, 5.41) is 7.93. The maximum atomic E-state index is 12.6. The third-order valence-electron chi connectivity index (χ3n) is 4.06. The number of hydrogen-bond acceptors (Lipinski definition) is 5. The second kappa shape index (κ2) is 7.01. The zero-order chi connectivity index (χ0) is 19.0. The van der Waals surface area contributed by atoms with Crippen molar-refractivity contribution in [2.45, 2.75) is 20.8 Å². The Morgan fingerprint density at radius 2 is 1.88 bits per heavy atom. The molecule has 1 aromatic carbocycles. The molecule has 3 aromatic rings. The highest BCUT2D eigenvalue weighted by atomic mass is 35.5. The molecule has 6 nitrogen and oxygen atoms in total. The summed E-state index contributed by atoms with van der Waals surface area (Å²) in [5.41, 5.74) is 2.84. The third-order valence-corrected chi connectivity index (χ3v) is 5.57. The summed E-state index contributed by atoms with van der Waals surface area (Å²) in [7, 11) is 1.60. The molecule has 0 unspecified atom stereocenters. The van der Waals surface area contributed by atoms with E-state index in [4.69, 9.17) is 11.6 Å². The van der Waals surface area contributed by atoms with Gasteiger partial charge < -0.3 is 5.32 Å². The number of aryl methyl sites for hydroxylation is 3. The smallest absolute Gasteiger partial charge is 0.277 e. The van der Waals surface area contributed by atoms with Gasteiger partial charge in [0.1, 0.15) is 9.88 Å². The van der Waals surface area contributed by atoms with E-state index in [1.165, 1.54) is 16.0 Å². The minimum atomic E-state index is -0.306. The van der Waals surface area contributed by atoms with E-state index in [-0.39, 0.29) is 11.5 Å². The fourth-order valence-corrected chi connectivity index (χ4v) is 3.79. The molecular formula is C18H17ClN4O2S. The van der Waals surface area contributed by atoms with Gasteiger partial charge in [0.05, 0.1) is 27.7 Å². The molecule has 0 aliphatic rings. The van der Waals surface area contributed by atoms with Crippen molar-refractivity contribution in [2.24, 2.45) is 7.05 Å². The van der Waals surface area contributed by atoms with E-state index < -0.39 is 0 Å². The number of hydrogen-bond donors (Lipinski definition) is 1. The molecule has 0 atom stereocenters. The second-order valence-electron chi connectivity index (χ2n) is 5.88. The van der Waals surface area contributed by atoms with Crippen LogP contribution in [0.4, 0.5) is 5.69 Å². The minimum Gasteiger partial charge on any atom is -0.320 e. The van der Waals surface area contributed by atoms with Gasteiger partial charge in [0.15, 0.2) is 0 Å². The number of para-hydroxylation sites is 1. The van der Waals surface area contributed by atoms with Gasteiger partial charge in [-0.15, -0.1) is 11.3 Å². The summed E-state index contributed by atoms with van der Waals surface area (Å²) in [6.07, 6.45) is 0. The lowest BCUT2D eigenvalue weighted by atomic mass is 10.1. The lowest BCUT2D eigenvalue weighted by Crippen LogP contribution is -2.23. The van der Waals surface area contributed by atoms with Crippen molar-refractivity contribution >= 4 is 34.5 Å². The zero-order valence-corrected chi connectivity index (χ0v) is 16.3. The van der Waals surface area contributed by atoms with Gasteiger partial charge in [-0.25, -0.2) is 9.67 Å². The maximum Gasteiger partial charge on any atom is 0.277 e. The number of halogens is 1. The maximum absolute atomic E-state index is 12.6. The highest BCUT2D eigenvalue weighted by Gasteiger charge is 2.21. The van der Waals surface area contributed by atoms with Crippen molar-refractivity contribution in [3.63, 3.8) is 0 Å². The predicted molar refractivity (Wildman–Crippen MR) is 104 cm³/mol. The number of nitrogens with one attached hydrogen (secondary N) is 1. The van der Waals surface area contributed by atoms with E-state index in [0.717, 1.165) is 11.3 Å². The summed E-state index contributed by atoms with van der Waals surface area (Å²) in [5.74, 6) is -0.306. The number of benzene rings is 1. The highest BCUT2D eigenvalue weighted by molar-refractivity contribution is 7.17. The van der Waals surface area contributed by atoms with Crippen LogP contribution in [0.25, 0.3) is 10.6 Å². The number of carbonyl (C=O) groups is 1. The van der Waals surface area contributed by atoms with Gasteiger partial charge in [0, 0.05) is 7.05 Å². The van der Waals surface area contributed by atoms with Gasteiger partial charge in [0.2, 0.25) is 0 Å². The van der Waals surface area contributed by atoms with E-state index in [0.29, 0.717) is 31.9 Å². The van der Waals surface area contributed by atoms with Crippen LogP contribution in [-0.4, -0.2) is 20.7 Å². The topological polar surface area (TPSA) is 76.9 Å². The normalized spacial score (nSPS) is 10.8. The fourth-order valence-electron chi connectivity index (χ4n) is 2.56. The number of carbonyl (C=O) groups excluding carboxylic acids is 1. The molecule has 0 aliphatic heterocycles. The largest absolute Gasteiger partial charge is 0.320 e. The van der Waals surface area contributed by atoms with E-state index in [2.05, 4.69) is 15.4 Å². The first-order chi connectivity index (χ1) is 12.3. The van der Waals surface area contributed by atoms with Crippen molar-refractivity contribution in [2.75, 3.05) is 5.32 Å². The monoisotopic (exact) mass is 388 g/mol. The molecule has 0 fully saturated rings. The summed E-state index contributed by atoms with van der Waals surface area (Å²) in [6, 6.07) is 7.01. The first-order valence-electron chi connectivity index (χ1n) is 7.87. The number of thiazole rings is 1. The van der Waals surface area contributed by atoms with Crippen LogP contribution in [0.5, 0.6) is 0 Å². The van der Waals surface area contributed by atoms with Crippen LogP contribution in [0.2, 0.25) is 5.02 Å². The van der Waals surface area contributed by atoms with Crippen molar-refractivity contribution in [1.29, 1.82) is 0 Å². The number of nitrogens with zero attached hydrogens (tertiary/aromatic N) is 3. The quantitative estimate of drug-likeness (QED) is 0.741. The van der Waals surface area contributed by atoms with Crippen LogP contribution in [0.3, 0.4) is 0 Å². The first kappa shape index (κ1) is 18.3. The van der Waals surface area contributed by atoms with Gasteiger partial charge in [-0.2, -0.15) is 5.10 Å². The highest BCUT2D eigenvalue weighted by Crippen LogP contribution is 2.30. The van der Waals surface area contributed by atoms with Crippen LogP contribution in [-0.2, 0) is 7.05 Å². The number of amides is 1. The Balaban J connectivity index is 2.02. The van der Waals surface area contributed by atoms with Crippen molar-refractivity contribution in [3.8, 4) is 10.6 Å². The Bertz CT molecular complexity index is 1070. The summed E-state index contributed by atoms with van der Waals surface area (Å²) >= 11 is 7.28. The average molecular weight is 389 g/mol. The van der Waals surface area contributed by atoms with Gasteiger partial charge >= 0.3 is 0 Å². The predicted octanol–water partition coefficient (Wildman–Crippen LogP) is 3.73. The molecule has 2 aromatic heterocycles. The molecule has 0 bridgehead atoms. The Morgan fingerprint density at radius 3 is 2.58 bits per heavy atom. The van der Waals surface area contributed by atoms with E-state index >= 15 is 0 Å². The molecule has 134 valence electrons. The Labute approximate surface area is 159 Å². The number of aromatic nitrogens is 3. The molecule has 0 aliphatic carbocycles. The Kier molecular flexibility index (Phi) is 4.93. The third kappa shape index (κ3) is 3.27. The molecule has 1 amide bonds. The van der Waals surface area contributed by atoms with Crippen LogP contribution < -0.4 is 10.9 Å². The van der Waals surface area contributed by atoms with Crippen LogP contribution >= 0.6 is 22.9 Å². The second-order valence-corrected chi connectivity index (χ2v) is 7.29. The minimum absolute atomic E-state index is 0.236. The average Bonchev–Trinajstić information content (AvgIpc) is 2.97. The molecule has 0 saturated carbocycles. The molecule has 0 radical (unpaired) electrons. The van der Waals surface area contributed by atoms with E-state index in [1.807, 2.05) is 13.8 Å². The Hall–Kier alpha value is -2.51. The lowest BCUT2D eigenvalue weighted by molar-refractivity contribution is 0.103. The molecule has 0 saturated heterocycles.